The first-order chi connectivity index (χ1) is 48.9. The second kappa shape index (κ2) is 37.6. The van der Waals surface area contributed by atoms with Crippen molar-refractivity contribution in [2.75, 3.05) is 29.5 Å². The van der Waals surface area contributed by atoms with Gasteiger partial charge in [0.25, 0.3) is 11.8 Å². The number of aromatic carboxylic acids is 1. The molecule has 3 amide bonds. The van der Waals surface area contributed by atoms with Crippen LogP contribution in [0.25, 0.3) is 32.9 Å². The fourth-order valence-electron chi connectivity index (χ4n) is 10.5. The third-order valence-corrected chi connectivity index (χ3v) is 15.7. The van der Waals surface area contributed by atoms with Gasteiger partial charge in [0, 0.05) is 6.92 Å². The van der Waals surface area contributed by atoms with Crippen LogP contribution in [0.15, 0.2) is 174 Å². The molecule has 0 spiro atoms. The summed E-state index contributed by atoms with van der Waals surface area (Å²) in [5.74, 6) is -2.03. The zero-order valence-corrected chi connectivity index (χ0v) is 61.3. The minimum Gasteiger partial charge on any atom is -0.870 e. The van der Waals surface area contributed by atoms with Crippen LogP contribution in [0.2, 0.25) is 0 Å². The molecule has 0 saturated heterocycles. The number of amides is 3. The fourth-order valence-corrected chi connectivity index (χ4v) is 10.5. The maximum Gasteiger partial charge on any atom is 1.00 e. The summed E-state index contributed by atoms with van der Waals surface area (Å²) in [5, 5.41) is 55.2. The van der Waals surface area contributed by atoms with Gasteiger partial charge in [0.1, 0.15) is 40.7 Å². The fraction of sp³-hybridized carbons (Fsp3) is 0.224. The van der Waals surface area contributed by atoms with Gasteiger partial charge in [-0.1, -0.05) is 78.0 Å². The van der Waals surface area contributed by atoms with Gasteiger partial charge >= 0.3 is 57.4 Å². The monoisotopic (exact) mass is 1440 g/mol. The number of benzene rings is 7. The number of anilines is 3. The van der Waals surface area contributed by atoms with Crippen molar-refractivity contribution in [3.05, 3.63) is 272 Å². The van der Waals surface area contributed by atoms with E-state index in [1.807, 2.05) is 60.7 Å². The van der Waals surface area contributed by atoms with Crippen LogP contribution in [0.5, 0.6) is 0 Å². The van der Waals surface area contributed by atoms with Crippen LogP contribution < -0.4 is 83.9 Å². The molecule has 23 nitrogen and oxygen atoms in total. The second-order valence-electron chi connectivity index (χ2n) is 24.8. The maximum atomic E-state index is 15.0. The normalized spacial score (nSPS) is 12.4. The van der Waals surface area contributed by atoms with Crippen LogP contribution in [0.1, 0.15) is 142 Å². The molecule has 4 aromatic heterocycles. The smallest absolute Gasteiger partial charge is 0.870 e. The van der Waals surface area contributed by atoms with Crippen molar-refractivity contribution in [1.82, 2.24) is 50.6 Å². The van der Waals surface area contributed by atoms with Gasteiger partial charge in [-0.3, -0.25) is 19.6 Å². The van der Waals surface area contributed by atoms with E-state index in [4.69, 9.17) is 32.4 Å². The molecule has 10 N–H and O–H groups in total. The average Bonchev–Trinajstić information content (AvgIpc) is 1.57. The number of nitriles is 1. The van der Waals surface area contributed by atoms with E-state index < -0.39 is 47.0 Å². The molecule has 0 bridgehead atoms. The number of nitrogens with two attached hydrogens (primary N) is 1. The predicted octanol–water partition coefficient (Wildman–Crippen LogP) is 11.6. The quantitative estimate of drug-likeness (QED) is 0.0130. The first kappa shape index (κ1) is 80.8. The van der Waals surface area contributed by atoms with Crippen LogP contribution in [-0.2, 0) is 4.79 Å². The van der Waals surface area contributed by atoms with Crippen LogP contribution in [0, 0.1) is 79.7 Å². The molecule has 13 rings (SSSR count). The number of aromatic nitrogens is 7. The minimum absolute atomic E-state index is 0. The van der Waals surface area contributed by atoms with Gasteiger partial charge in [0.05, 0.1) is 75.1 Å². The summed E-state index contributed by atoms with van der Waals surface area (Å²) < 4.78 is 66.0. The molecule has 2 aliphatic carbocycles. The molecule has 104 heavy (non-hydrogen) atoms. The summed E-state index contributed by atoms with van der Waals surface area (Å²) >= 11 is 0. The third kappa shape index (κ3) is 21.8. The number of carbonyl (C=O) groups excluding carboxylic acids is 3. The zero-order valence-electron chi connectivity index (χ0n) is 58.2. The van der Waals surface area contributed by atoms with E-state index in [9.17, 15) is 36.7 Å². The van der Waals surface area contributed by atoms with Gasteiger partial charge in [-0.25, -0.2) is 46.7 Å². The Morgan fingerprint density at radius 2 is 1.02 bits per heavy atom. The van der Waals surface area contributed by atoms with Gasteiger partial charge in [-0.2, -0.15) is 41.3 Å². The zero-order chi connectivity index (χ0) is 73.3. The summed E-state index contributed by atoms with van der Waals surface area (Å²) in [7, 11) is 0. The Balaban J connectivity index is 0.000000214. The first-order valence-electron chi connectivity index (χ1n) is 32.3. The van der Waals surface area contributed by atoms with E-state index in [2.05, 4.69) is 67.3 Å². The molecule has 4 heterocycles. The summed E-state index contributed by atoms with van der Waals surface area (Å²) in [6, 6.07) is 48.4. The summed E-state index contributed by atoms with van der Waals surface area (Å²) in [4.78, 5) is 50.4. The van der Waals surface area contributed by atoms with Crippen molar-refractivity contribution in [3.8, 4) is 23.1 Å². The second-order valence-corrected chi connectivity index (χ2v) is 24.8. The molecule has 0 aliphatic heterocycles. The van der Waals surface area contributed by atoms with Crippen LogP contribution in [0.4, 0.5) is 40.4 Å². The van der Waals surface area contributed by atoms with Crippen molar-refractivity contribution in [2.45, 2.75) is 86.2 Å². The largest absolute Gasteiger partial charge is 1.00 e. The number of nitrogen functional groups attached to an aromatic ring is 1. The number of carbonyl (C=O) groups is 4. The molecule has 2 atom stereocenters. The molecule has 28 heteroatoms. The van der Waals surface area contributed by atoms with Gasteiger partial charge in [-0.15, -0.1) is 0 Å². The van der Waals surface area contributed by atoms with Gasteiger partial charge < -0.3 is 48.0 Å². The summed E-state index contributed by atoms with van der Waals surface area (Å²) in [5.41, 5.74) is 14.8. The van der Waals surface area contributed by atoms with E-state index >= 15 is 0 Å². The maximum absolute atomic E-state index is 15.0. The number of fused-ring (bicyclic) bond motifs is 1. The number of nitrogens with one attached hydrogen (secondary N) is 5. The Morgan fingerprint density at radius 1 is 0.615 bits per heavy atom. The van der Waals surface area contributed by atoms with Crippen molar-refractivity contribution >= 4 is 57.5 Å². The standard InChI is InChI=1S/C29H25F2N5O.C29H27FN6O2.C12H8FN3O2.C4H9.C2H5NO2.K.H2O/c1-18-14-27(36(35-18)22-11-13-23(30)25(16-22)32-2)29(37)34-26-15-21(10-12-24(26)31)28(33-17-19-8-9-19)20-6-4-3-5-7-20;1-17-13-25(36(34-17)21-10-12-26-22(15-21)28(31)35-38-26)29(37)33-24-14-20(9-11-23(24)30)27(32-16-18-7-8-18)19-5-3-2-4-6-19;1-7-4-11(12(17)18)16(15-7)9-2-3-10(13)8(5-9)6-14;1-4(2)3;1-2(4)3-5;;/h3-7,10-16,19,28,33H,8-9,17H2,1H3,(H,34,37);2-6,9-15,18,27,32H,7-8,16H2,1H3,(H2,31,35)(H,33,37);2-5H,1H3,(H,17,18);1-3H3;5H,1H3,(H,3,4);;1H2/q;;;-1;;+1;/p-1. The number of carboxylic acids is 1. The van der Waals surface area contributed by atoms with Gasteiger partial charge in [-0.05, 0) is 191 Å². The first-order valence-corrected chi connectivity index (χ1v) is 32.3. The van der Waals surface area contributed by atoms with Crippen LogP contribution >= 0.6 is 0 Å². The summed E-state index contributed by atoms with van der Waals surface area (Å²) in [6.07, 6.45) is 4.86. The molecule has 2 unspecified atom stereocenters. The number of nitrogens with zero attached hydrogens (tertiary/aromatic N) is 9. The third-order valence-electron chi connectivity index (χ3n) is 15.7. The number of carboxylic acid groups (broad SMARTS) is 1. The van der Waals surface area contributed by atoms with Gasteiger partial charge in [0.15, 0.2) is 17.1 Å². The Bertz CT molecular complexity index is 4890. The SMILES string of the molecule is CC(=O)NO.C[C-](C)C.Cc1cc(C(=O)Nc2cc(C(NCC3CC3)c3ccccc3)ccc2F)n(-c2ccc3onc(N)c3c2)n1.Cc1cc(C(=O)O)n(-c2ccc(F)c(C#N)c2)n1.[C-]#[N+]c1cc(-n2nc(C)cc2C(=O)Nc2cc(C(NCC3CC3)c3ccccc3)ccc2F)ccc1F.[K+].[OH-]. The number of hydroxylamine groups is 1. The van der Waals surface area contributed by atoms with E-state index in [0.717, 1.165) is 52.2 Å². The number of aryl methyl sites for hydroxylation is 3. The molecule has 11 aromatic rings. The molecule has 7 aromatic carbocycles. The molecule has 2 aliphatic rings. The minimum atomic E-state index is -1.14. The summed E-state index contributed by atoms with van der Waals surface area (Å²) in [6.45, 7) is 21.5. The van der Waals surface area contributed by atoms with Crippen molar-refractivity contribution in [2.24, 2.45) is 11.8 Å². The Morgan fingerprint density at radius 3 is 1.44 bits per heavy atom. The van der Waals surface area contributed by atoms with E-state index in [-0.39, 0.29) is 114 Å². The van der Waals surface area contributed by atoms with Crippen molar-refractivity contribution in [3.63, 3.8) is 0 Å². The number of hydrogen-bond acceptors (Lipinski definition) is 15. The van der Waals surface area contributed by atoms with E-state index in [1.165, 1.54) is 95.8 Å². The van der Waals surface area contributed by atoms with Crippen molar-refractivity contribution < 1.29 is 108 Å². The Labute approximate surface area is 640 Å². The number of rotatable bonds is 18. The van der Waals surface area contributed by atoms with Gasteiger partial charge in [0.2, 0.25) is 11.6 Å². The topological polar surface area (TPSA) is 333 Å². The molecule has 2 saturated carbocycles. The predicted molar refractivity (Wildman–Crippen MR) is 379 cm³/mol. The van der Waals surface area contributed by atoms with Crippen LogP contribution in [0.3, 0.4) is 0 Å². The Hall–Kier alpha value is -10.5. The number of hydrogen-bond donors (Lipinski definition) is 8. The van der Waals surface area contributed by atoms with E-state index in [0.29, 0.717) is 56.9 Å². The van der Waals surface area contributed by atoms with Crippen LogP contribution in [-0.4, -0.2) is 87.1 Å². The molecule has 0 radical (unpaired) electrons. The molecule has 2 fully saturated rings. The molecular weight excluding hydrogens is 1370 g/mol. The molecular formula is C76H75F4KN15O8-. The van der Waals surface area contributed by atoms with E-state index in [1.54, 1.807) is 81.4 Å². The molecule has 532 valence electrons. The number of halogens is 4. The van der Waals surface area contributed by atoms with Crippen molar-refractivity contribution in [1.29, 1.82) is 5.26 Å². The average molecular weight is 1440 g/mol. The Kier molecular flexibility index (Phi) is 29.2.